The number of carbonyl (C=O) groups excluding carboxylic acids is 2. The second-order valence-corrected chi connectivity index (χ2v) is 13.4. The van der Waals surface area contributed by atoms with E-state index in [4.69, 9.17) is 16.3 Å². The number of hydrogen-bond donors (Lipinski definition) is 1. The number of sulfonamides is 1. The Morgan fingerprint density at radius 1 is 0.891 bits per heavy atom. The third kappa shape index (κ3) is 8.68. The maximum absolute atomic E-state index is 14.6. The summed E-state index contributed by atoms with van der Waals surface area (Å²) in [5.74, 6) is -0.262. The molecule has 0 saturated heterocycles. The molecule has 0 heterocycles. The number of ether oxygens (including phenoxy) is 1. The highest BCUT2D eigenvalue weighted by molar-refractivity contribution is 7.92. The Labute approximate surface area is 277 Å². The first-order valence-corrected chi connectivity index (χ1v) is 17.0. The molecule has 1 N–H and O–H groups in total. The van der Waals surface area contributed by atoms with Crippen LogP contribution in [0.25, 0.3) is 0 Å². The number of anilines is 1. The highest BCUT2D eigenvalue weighted by Crippen LogP contribution is 2.28. The van der Waals surface area contributed by atoms with Crippen molar-refractivity contribution in [2.24, 2.45) is 0 Å². The minimum absolute atomic E-state index is 0.0114. The molecule has 0 radical (unpaired) electrons. The molecule has 0 aliphatic carbocycles. The van der Waals surface area contributed by atoms with E-state index >= 15 is 0 Å². The summed E-state index contributed by atoms with van der Waals surface area (Å²) in [6.07, 6.45) is 0.932. The van der Waals surface area contributed by atoms with Gasteiger partial charge in [-0.1, -0.05) is 79.2 Å². The van der Waals surface area contributed by atoms with E-state index in [1.807, 2.05) is 56.3 Å². The standard InChI is InChI=1S/C36H40ClN3O5S/c1-5-27(3)38-36(42)34(23-28-13-7-6-8-14-28)39(24-29-15-11-16-31(22-29)45-4)35(41)25-40(33-17-10-9-12-26(33)2)46(43,44)32-20-18-30(37)19-21-32/h6-22,27,34H,5,23-25H2,1-4H3,(H,38,42)/t27-,34-/m1/s1. The van der Waals surface area contributed by atoms with Crippen molar-refractivity contribution >= 4 is 39.1 Å². The van der Waals surface area contributed by atoms with Gasteiger partial charge in [-0.25, -0.2) is 8.42 Å². The van der Waals surface area contributed by atoms with Gasteiger partial charge in [0.2, 0.25) is 11.8 Å². The second-order valence-electron chi connectivity index (χ2n) is 11.1. The van der Waals surface area contributed by atoms with Gasteiger partial charge in [0, 0.05) is 24.0 Å². The molecule has 8 nitrogen and oxygen atoms in total. The van der Waals surface area contributed by atoms with Gasteiger partial charge < -0.3 is 15.0 Å². The lowest BCUT2D eigenvalue weighted by Gasteiger charge is -2.34. The van der Waals surface area contributed by atoms with E-state index in [0.29, 0.717) is 28.4 Å². The molecule has 0 saturated carbocycles. The molecule has 4 aromatic rings. The summed E-state index contributed by atoms with van der Waals surface area (Å²) in [5.41, 5.74) is 2.61. The maximum Gasteiger partial charge on any atom is 0.264 e. The van der Waals surface area contributed by atoms with E-state index in [2.05, 4.69) is 5.32 Å². The fraction of sp³-hybridized carbons (Fsp3) is 0.278. The summed E-state index contributed by atoms with van der Waals surface area (Å²) in [6, 6.07) is 28.5. The van der Waals surface area contributed by atoms with Crippen LogP contribution < -0.4 is 14.4 Å². The highest BCUT2D eigenvalue weighted by Gasteiger charge is 2.35. The summed E-state index contributed by atoms with van der Waals surface area (Å²) in [5, 5.41) is 3.43. The topological polar surface area (TPSA) is 96.0 Å². The van der Waals surface area contributed by atoms with Gasteiger partial charge in [0.25, 0.3) is 10.0 Å². The van der Waals surface area contributed by atoms with Crippen molar-refractivity contribution in [1.29, 1.82) is 0 Å². The summed E-state index contributed by atoms with van der Waals surface area (Å²) in [7, 11) is -2.67. The number of benzene rings is 4. The summed E-state index contributed by atoms with van der Waals surface area (Å²) < 4.78 is 34.9. The van der Waals surface area contributed by atoms with E-state index in [1.54, 1.807) is 50.4 Å². The van der Waals surface area contributed by atoms with Crippen LogP contribution in [0.2, 0.25) is 5.02 Å². The van der Waals surface area contributed by atoms with Gasteiger partial charge in [-0.05, 0) is 79.4 Å². The van der Waals surface area contributed by atoms with Gasteiger partial charge in [0.05, 0.1) is 17.7 Å². The zero-order valence-electron chi connectivity index (χ0n) is 26.5. The SMILES string of the molecule is CC[C@@H](C)NC(=O)[C@@H](Cc1ccccc1)N(Cc1cccc(OC)c1)C(=O)CN(c1ccccc1C)S(=O)(=O)c1ccc(Cl)cc1. The van der Waals surface area contributed by atoms with Gasteiger partial charge in [0.15, 0.2) is 0 Å². The zero-order valence-corrected chi connectivity index (χ0v) is 28.1. The lowest BCUT2D eigenvalue weighted by atomic mass is 10.0. The number of aryl methyl sites for hydroxylation is 1. The molecule has 2 amide bonds. The fourth-order valence-electron chi connectivity index (χ4n) is 5.05. The fourth-order valence-corrected chi connectivity index (χ4v) is 6.66. The molecule has 242 valence electrons. The Morgan fingerprint density at radius 2 is 1.54 bits per heavy atom. The number of nitrogens with one attached hydrogen (secondary N) is 1. The molecule has 0 fully saturated rings. The van der Waals surface area contributed by atoms with E-state index in [-0.39, 0.29) is 29.8 Å². The lowest BCUT2D eigenvalue weighted by molar-refractivity contribution is -0.140. The Balaban J connectivity index is 1.83. The molecule has 2 atom stereocenters. The van der Waals surface area contributed by atoms with Gasteiger partial charge in [-0.2, -0.15) is 0 Å². The van der Waals surface area contributed by atoms with Crippen molar-refractivity contribution in [1.82, 2.24) is 10.2 Å². The number of methoxy groups -OCH3 is 1. The van der Waals surface area contributed by atoms with Crippen LogP contribution in [0.1, 0.15) is 37.0 Å². The average molecular weight is 662 g/mol. The van der Waals surface area contributed by atoms with E-state index in [1.165, 1.54) is 29.2 Å². The molecule has 0 aliphatic rings. The van der Waals surface area contributed by atoms with Crippen molar-refractivity contribution in [2.45, 2.75) is 57.1 Å². The van der Waals surface area contributed by atoms with Crippen LogP contribution in [0, 0.1) is 6.92 Å². The first-order valence-electron chi connectivity index (χ1n) is 15.1. The molecule has 4 aromatic carbocycles. The van der Waals surface area contributed by atoms with Crippen LogP contribution in [0.5, 0.6) is 5.75 Å². The van der Waals surface area contributed by atoms with E-state index < -0.39 is 28.5 Å². The maximum atomic E-state index is 14.6. The summed E-state index contributed by atoms with van der Waals surface area (Å²) in [6.45, 7) is 5.17. The monoisotopic (exact) mass is 661 g/mol. The largest absolute Gasteiger partial charge is 0.497 e. The molecular weight excluding hydrogens is 622 g/mol. The molecular formula is C36H40ClN3O5S. The summed E-state index contributed by atoms with van der Waals surface area (Å²) >= 11 is 6.07. The quantitative estimate of drug-likeness (QED) is 0.169. The zero-order chi connectivity index (χ0) is 33.3. The third-order valence-corrected chi connectivity index (χ3v) is 9.85. The third-order valence-electron chi connectivity index (χ3n) is 7.82. The summed E-state index contributed by atoms with van der Waals surface area (Å²) in [4.78, 5) is 30.0. The normalized spacial score (nSPS) is 12.5. The van der Waals surface area contributed by atoms with Crippen LogP contribution in [-0.4, -0.2) is 50.9 Å². The van der Waals surface area contributed by atoms with Crippen molar-refractivity contribution < 1.29 is 22.7 Å². The van der Waals surface area contributed by atoms with Crippen LogP contribution in [0.4, 0.5) is 5.69 Å². The van der Waals surface area contributed by atoms with Crippen molar-refractivity contribution in [3.05, 3.63) is 125 Å². The number of nitrogens with zero attached hydrogens (tertiary/aromatic N) is 2. The van der Waals surface area contributed by atoms with E-state index in [9.17, 15) is 18.0 Å². The number of carbonyl (C=O) groups is 2. The highest BCUT2D eigenvalue weighted by atomic mass is 35.5. The van der Waals surface area contributed by atoms with Crippen molar-refractivity contribution in [3.8, 4) is 5.75 Å². The average Bonchev–Trinajstić information content (AvgIpc) is 3.06. The van der Waals surface area contributed by atoms with Crippen LogP contribution in [0.3, 0.4) is 0 Å². The van der Waals surface area contributed by atoms with Crippen molar-refractivity contribution in [2.75, 3.05) is 18.0 Å². The smallest absolute Gasteiger partial charge is 0.264 e. The Morgan fingerprint density at radius 3 is 2.20 bits per heavy atom. The second kappa shape index (κ2) is 15.8. The number of para-hydroxylation sites is 1. The Kier molecular flexibility index (Phi) is 11.8. The first-order chi connectivity index (χ1) is 22.0. The van der Waals surface area contributed by atoms with Crippen molar-refractivity contribution in [3.63, 3.8) is 0 Å². The minimum Gasteiger partial charge on any atom is -0.497 e. The predicted octanol–water partition coefficient (Wildman–Crippen LogP) is 6.41. The molecule has 0 spiro atoms. The first kappa shape index (κ1) is 34.5. The predicted molar refractivity (Wildman–Crippen MR) is 183 cm³/mol. The van der Waals surface area contributed by atoms with Gasteiger partial charge >= 0.3 is 0 Å². The van der Waals surface area contributed by atoms with Gasteiger partial charge in [-0.3, -0.25) is 13.9 Å². The molecule has 10 heteroatoms. The number of rotatable bonds is 14. The number of amides is 2. The lowest BCUT2D eigenvalue weighted by Crippen LogP contribution is -2.54. The molecule has 0 aromatic heterocycles. The Hall–Kier alpha value is -4.34. The molecule has 4 rings (SSSR count). The van der Waals surface area contributed by atoms with Gasteiger partial charge in [0.1, 0.15) is 18.3 Å². The van der Waals surface area contributed by atoms with E-state index in [0.717, 1.165) is 15.4 Å². The Bertz CT molecular complexity index is 1730. The van der Waals surface area contributed by atoms with Crippen LogP contribution >= 0.6 is 11.6 Å². The molecule has 0 unspecified atom stereocenters. The molecule has 46 heavy (non-hydrogen) atoms. The van der Waals surface area contributed by atoms with Crippen LogP contribution in [0.15, 0.2) is 108 Å². The number of halogens is 1. The van der Waals surface area contributed by atoms with Crippen LogP contribution in [-0.2, 0) is 32.6 Å². The molecule has 0 aliphatic heterocycles. The minimum atomic E-state index is -4.23. The number of hydrogen-bond acceptors (Lipinski definition) is 5. The van der Waals surface area contributed by atoms with Gasteiger partial charge in [-0.15, -0.1) is 0 Å². The molecule has 0 bridgehead atoms.